The maximum absolute atomic E-state index is 11.7. The van der Waals surface area contributed by atoms with Crippen LogP contribution in [-0.2, 0) is 14.3 Å². The Morgan fingerprint density at radius 3 is 2.26 bits per heavy atom. The molecule has 0 aliphatic rings. The van der Waals surface area contributed by atoms with Crippen LogP contribution in [0.1, 0.15) is 23.6 Å². The topological polar surface area (TPSA) is 75.6 Å². The van der Waals surface area contributed by atoms with Crippen LogP contribution in [0, 0.1) is 20.8 Å². The number of aliphatic carboxylic acids is 1. The molecule has 1 aromatic rings. The fourth-order valence-corrected chi connectivity index (χ4v) is 1.82. The van der Waals surface area contributed by atoms with Crippen molar-refractivity contribution in [2.24, 2.45) is 0 Å². The van der Waals surface area contributed by atoms with Gasteiger partial charge >= 0.3 is 5.97 Å². The Kier molecular flexibility index (Phi) is 5.06. The molecule has 104 valence electrons. The molecule has 0 saturated heterocycles. The SMILES string of the molecule is Cc1cc(C)c(NC(=O)CO[C@@H](C)C(=O)O)c(C)c1. The maximum Gasteiger partial charge on any atom is 0.332 e. The fourth-order valence-electron chi connectivity index (χ4n) is 1.82. The van der Waals surface area contributed by atoms with Crippen molar-refractivity contribution in [1.29, 1.82) is 0 Å². The van der Waals surface area contributed by atoms with Crippen LogP contribution in [0.3, 0.4) is 0 Å². The molecule has 1 rings (SSSR count). The Bertz CT molecular complexity index is 473. The van der Waals surface area contributed by atoms with E-state index in [1.54, 1.807) is 0 Å². The van der Waals surface area contributed by atoms with Crippen molar-refractivity contribution in [3.63, 3.8) is 0 Å². The van der Waals surface area contributed by atoms with E-state index in [1.807, 2.05) is 32.9 Å². The monoisotopic (exact) mass is 265 g/mol. The lowest BCUT2D eigenvalue weighted by Crippen LogP contribution is -2.26. The van der Waals surface area contributed by atoms with Crippen LogP contribution in [0.25, 0.3) is 0 Å². The summed E-state index contributed by atoms with van der Waals surface area (Å²) in [6.45, 7) is 6.92. The Labute approximate surface area is 112 Å². The lowest BCUT2D eigenvalue weighted by Gasteiger charge is -2.13. The maximum atomic E-state index is 11.7. The molecule has 0 fully saturated rings. The Morgan fingerprint density at radius 2 is 1.79 bits per heavy atom. The highest BCUT2D eigenvalue weighted by Crippen LogP contribution is 2.21. The quantitative estimate of drug-likeness (QED) is 0.854. The van der Waals surface area contributed by atoms with Crippen molar-refractivity contribution in [3.05, 3.63) is 28.8 Å². The minimum absolute atomic E-state index is 0.278. The number of benzene rings is 1. The van der Waals surface area contributed by atoms with Gasteiger partial charge in [-0.3, -0.25) is 4.79 Å². The fraction of sp³-hybridized carbons (Fsp3) is 0.429. The molecule has 5 nitrogen and oxygen atoms in total. The number of aryl methyl sites for hydroxylation is 3. The molecule has 0 aliphatic carbocycles. The number of carboxylic acids is 1. The average Bonchev–Trinajstić information content (AvgIpc) is 2.30. The van der Waals surface area contributed by atoms with E-state index in [4.69, 9.17) is 9.84 Å². The number of carbonyl (C=O) groups excluding carboxylic acids is 1. The first-order chi connectivity index (χ1) is 8.81. The van der Waals surface area contributed by atoms with Crippen molar-refractivity contribution in [2.75, 3.05) is 11.9 Å². The Balaban J connectivity index is 2.65. The molecule has 0 radical (unpaired) electrons. The van der Waals surface area contributed by atoms with Crippen LogP contribution in [0.2, 0.25) is 0 Å². The van der Waals surface area contributed by atoms with E-state index in [0.29, 0.717) is 0 Å². The summed E-state index contributed by atoms with van der Waals surface area (Å²) in [7, 11) is 0. The van der Waals surface area contributed by atoms with E-state index >= 15 is 0 Å². The molecule has 0 saturated carbocycles. The van der Waals surface area contributed by atoms with Gasteiger partial charge in [-0.25, -0.2) is 4.79 Å². The normalized spacial score (nSPS) is 12.0. The second kappa shape index (κ2) is 6.33. The van der Waals surface area contributed by atoms with E-state index in [-0.39, 0.29) is 12.5 Å². The molecule has 5 heteroatoms. The third-order valence-electron chi connectivity index (χ3n) is 2.75. The molecule has 1 atom stereocenters. The minimum Gasteiger partial charge on any atom is -0.479 e. The number of ether oxygens (including phenoxy) is 1. The molecule has 1 amide bonds. The van der Waals surface area contributed by atoms with Crippen LogP contribution in [0.4, 0.5) is 5.69 Å². The number of hydrogen-bond acceptors (Lipinski definition) is 3. The van der Waals surface area contributed by atoms with Crippen molar-refractivity contribution < 1.29 is 19.4 Å². The molecular weight excluding hydrogens is 246 g/mol. The largest absolute Gasteiger partial charge is 0.479 e. The van der Waals surface area contributed by atoms with E-state index < -0.39 is 12.1 Å². The van der Waals surface area contributed by atoms with Gasteiger partial charge in [-0.2, -0.15) is 0 Å². The first kappa shape index (κ1) is 15.2. The summed E-state index contributed by atoms with van der Waals surface area (Å²) in [5, 5.41) is 11.4. The van der Waals surface area contributed by atoms with Gasteiger partial charge in [0.1, 0.15) is 6.61 Å². The number of anilines is 1. The standard InChI is InChI=1S/C14H19NO4/c1-8-5-9(2)13(10(3)6-8)15-12(16)7-19-11(4)14(17)18/h5-6,11H,7H2,1-4H3,(H,15,16)(H,17,18)/t11-/m0/s1. The minimum atomic E-state index is -1.09. The lowest BCUT2D eigenvalue weighted by molar-refractivity contribution is -0.150. The molecule has 19 heavy (non-hydrogen) atoms. The van der Waals surface area contributed by atoms with E-state index in [2.05, 4.69) is 5.32 Å². The number of amides is 1. The summed E-state index contributed by atoms with van der Waals surface area (Å²) in [6.07, 6.45) is -0.994. The van der Waals surface area contributed by atoms with Crippen molar-refractivity contribution in [2.45, 2.75) is 33.8 Å². The predicted molar refractivity (Wildman–Crippen MR) is 72.3 cm³/mol. The van der Waals surface area contributed by atoms with Crippen LogP contribution in [0.15, 0.2) is 12.1 Å². The van der Waals surface area contributed by atoms with Crippen LogP contribution in [0.5, 0.6) is 0 Å². The first-order valence-electron chi connectivity index (χ1n) is 6.03. The highest BCUT2D eigenvalue weighted by molar-refractivity contribution is 5.93. The smallest absolute Gasteiger partial charge is 0.332 e. The molecular formula is C14H19NO4. The Morgan fingerprint density at radius 1 is 1.26 bits per heavy atom. The zero-order chi connectivity index (χ0) is 14.6. The Hall–Kier alpha value is -1.88. The molecule has 0 aromatic heterocycles. The molecule has 0 aliphatic heterocycles. The summed E-state index contributed by atoms with van der Waals surface area (Å²) in [5.41, 5.74) is 3.82. The van der Waals surface area contributed by atoms with E-state index in [9.17, 15) is 9.59 Å². The van der Waals surface area contributed by atoms with Crippen molar-refractivity contribution in [1.82, 2.24) is 0 Å². The third-order valence-corrected chi connectivity index (χ3v) is 2.75. The van der Waals surface area contributed by atoms with Gasteiger partial charge in [-0.15, -0.1) is 0 Å². The van der Waals surface area contributed by atoms with Gasteiger partial charge in [0.25, 0.3) is 0 Å². The molecule has 2 N–H and O–H groups in total. The van der Waals surface area contributed by atoms with Crippen molar-refractivity contribution in [3.8, 4) is 0 Å². The van der Waals surface area contributed by atoms with Gasteiger partial charge in [0.2, 0.25) is 5.91 Å². The molecule has 1 aromatic carbocycles. The number of carboxylic acid groups (broad SMARTS) is 1. The van der Waals surface area contributed by atoms with Gasteiger partial charge in [0.15, 0.2) is 6.10 Å². The van der Waals surface area contributed by atoms with Crippen LogP contribution >= 0.6 is 0 Å². The number of rotatable bonds is 5. The summed E-state index contributed by atoms with van der Waals surface area (Å²) < 4.78 is 4.93. The second-order valence-electron chi connectivity index (χ2n) is 4.61. The van der Waals surface area contributed by atoms with Gasteiger partial charge in [-0.1, -0.05) is 17.7 Å². The highest BCUT2D eigenvalue weighted by Gasteiger charge is 2.14. The van der Waals surface area contributed by atoms with Gasteiger partial charge in [0.05, 0.1) is 0 Å². The van der Waals surface area contributed by atoms with Gasteiger partial charge < -0.3 is 15.2 Å². The number of hydrogen-bond donors (Lipinski definition) is 2. The summed E-state index contributed by atoms with van der Waals surface area (Å²) in [5.74, 6) is -1.45. The van der Waals surface area contributed by atoms with E-state index in [1.165, 1.54) is 6.92 Å². The third kappa shape index (κ3) is 4.37. The molecule has 0 unspecified atom stereocenters. The molecule has 0 bridgehead atoms. The zero-order valence-corrected chi connectivity index (χ0v) is 11.6. The van der Waals surface area contributed by atoms with E-state index in [0.717, 1.165) is 22.4 Å². The highest BCUT2D eigenvalue weighted by atomic mass is 16.5. The predicted octanol–water partition coefficient (Wildman–Crippen LogP) is 2.04. The molecule has 0 spiro atoms. The second-order valence-corrected chi connectivity index (χ2v) is 4.61. The first-order valence-corrected chi connectivity index (χ1v) is 6.03. The van der Waals surface area contributed by atoms with Crippen LogP contribution in [-0.4, -0.2) is 29.7 Å². The number of carbonyl (C=O) groups is 2. The lowest BCUT2D eigenvalue weighted by atomic mass is 10.1. The summed E-state index contributed by atoms with van der Waals surface area (Å²) in [4.78, 5) is 22.3. The number of nitrogens with one attached hydrogen (secondary N) is 1. The van der Waals surface area contributed by atoms with Crippen LogP contribution < -0.4 is 5.32 Å². The average molecular weight is 265 g/mol. The van der Waals surface area contributed by atoms with Gasteiger partial charge in [-0.05, 0) is 38.8 Å². The van der Waals surface area contributed by atoms with Gasteiger partial charge in [0, 0.05) is 5.69 Å². The zero-order valence-electron chi connectivity index (χ0n) is 11.6. The molecule has 0 heterocycles. The summed E-state index contributed by atoms with van der Waals surface area (Å²) in [6, 6.07) is 3.95. The van der Waals surface area contributed by atoms with Crippen molar-refractivity contribution >= 4 is 17.6 Å². The summed E-state index contributed by atoms with van der Waals surface area (Å²) >= 11 is 0.